The van der Waals surface area contributed by atoms with Crippen molar-refractivity contribution in [3.8, 4) is 0 Å². The van der Waals surface area contributed by atoms with Gasteiger partial charge < -0.3 is 4.98 Å². The Kier molecular flexibility index (Phi) is 5.74. The third-order valence-electron chi connectivity index (χ3n) is 4.00. The molecule has 1 aromatic heterocycles. The monoisotopic (exact) mass is 403 g/mol. The molecule has 0 aliphatic rings. The van der Waals surface area contributed by atoms with Gasteiger partial charge in [-0.15, -0.1) is 0 Å². The molecule has 0 atom stereocenters. The number of sulfonamides is 1. The average molecular weight is 404 g/mol. The molecule has 27 heavy (non-hydrogen) atoms. The summed E-state index contributed by atoms with van der Waals surface area (Å²) in [6.45, 7) is 1.94. The van der Waals surface area contributed by atoms with E-state index in [4.69, 9.17) is 11.6 Å². The predicted octanol–water partition coefficient (Wildman–Crippen LogP) is 3.40. The van der Waals surface area contributed by atoms with Gasteiger partial charge in [0.2, 0.25) is 10.0 Å². The topological polar surface area (TPSA) is 83.1 Å². The molecule has 1 heterocycles. The second-order valence-corrected chi connectivity index (χ2v) is 8.11. The number of H-pyrrole nitrogens is 1. The van der Waals surface area contributed by atoms with E-state index >= 15 is 0 Å². The molecule has 0 amide bonds. The summed E-state index contributed by atoms with van der Waals surface area (Å²) in [5.41, 5.74) is 0.957. The number of aromatic amines is 1. The van der Waals surface area contributed by atoms with Crippen LogP contribution in [0.4, 0.5) is 0 Å². The number of hydrogen-bond donors (Lipinski definition) is 1. The molecule has 140 valence electrons. The van der Waals surface area contributed by atoms with Gasteiger partial charge in [0.15, 0.2) is 0 Å². The predicted molar refractivity (Wildman–Crippen MR) is 108 cm³/mol. The summed E-state index contributed by atoms with van der Waals surface area (Å²) in [5.74, 6) is 0.295. The minimum absolute atomic E-state index is 0.0239. The molecular formula is C19H18ClN3O3S. The Morgan fingerprint density at radius 2 is 1.85 bits per heavy atom. The highest BCUT2D eigenvalue weighted by molar-refractivity contribution is 7.92. The van der Waals surface area contributed by atoms with Crippen molar-refractivity contribution in [2.45, 2.75) is 13.5 Å². The lowest BCUT2D eigenvalue weighted by Gasteiger charge is -2.17. The highest BCUT2D eigenvalue weighted by Gasteiger charge is 2.19. The number of halogens is 1. The van der Waals surface area contributed by atoms with Gasteiger partial charge in [-0.1, -0.05) is 42.8 Å². The summed E-state index contributed by atoms with van der Waals surface area (Å²) in [6, 6.07) is 13.8. The maximum absolute atomic E-state index is 12.6. The van der Waals surface area contributed by atoms with Gasteiger partial charge in [0.05, 0.1) is 17.4 Å². The number of para-hydroxylation sites is 1. The molecule has 0 aliphatic carbocycles. The number of benzene rings is 2. The van der Waals surface area contributed by atoms with E-state index in [-0.39, 0.29) is 18.6 Å². The summed E-state index contributed by atoms with van der Waals surface area (Å²) in [5, 5.41) is 2.19. The van der Waals surface area contributed by atoms with Crippen molar-refractivity contribution in [2.24, 2.45) is 0 Å². The number of nitrogens with zero attached hydrogens (tertiary/aromatic N) is 2. The van der Waals surface area contributed by atoms with Gasteiger partial charge in [0.25, 0.3) is 5.56 Å². The van der Waals surface area contributed by atoms with Crippen molar-refractivity contribution in [1.82, 2.24) is 14.3 Å². The number of rotatable bonds is 6. The maximum atomic E-state index is 12.6. The fourth-order valence-corrected chi connectivity index (χ4v) is 3.87. The zero-order chi connectivity index (χ0) is 19.4. The van der Waals surface area contributed by atoms with E-state index in [0.717, 1.165) is 11.0 Å². The lowest BCUT2D eigenvalue weighted by atomic mass is 10.2. The Morgan fingerprint density at radius 3 is 2.56 bits per heavy atom. The third kappa shape index (κ3) is 4.63. The van der Waals surface area contributed by atoms with E-state index in [0.29, 0.717) is 21.7 Å². The molecule has 0 aliphatic heterocycles. The number of fused-ring (bicyclic) bond motifs is 1. The van der Waals surface area contributed by atoms with Gasteiger partial charge in [-0.05, 0) is 35.9 Å². The van der Waals surface area contributed by atoms with Crippen LogP contribution in [-0.2, 0) is 16.6 Å². The van der Waals surface area contributed by atoms with Crippen LogP contribution in [0.3, 0.4) is 0 Å². The molecule has 3 aromatic rings. The molecule has 0 saturated carbocycles. The highest BCUT2D eigenvalue weighted by Crippen LogP contribution is 2.14. The van der Waals surface area contributed by atoms with E-state index in [1.54, 1.807) is 55.5 Å². The minimum atomic E-state index is -3.69. The zero-order valence-corrected chi connectivity index (χ0v) is 16.2. The molecule has 0 saturated heterocycles. The SMILES string of the molecule is CCN(Cc1nc2ccccc2c(=O)[nH]1)S(=O)(=O)/C=C/c1ccc(Cl)cc1. The van der Waals surface area contributed by atoms with E-state index in [1.165, 1.54) is 10.4 Å². The molecule has 0 radical (unpaired) electrons. The van der Waals surface area contributed by atoms with Gasteiger partial charge in [-0.25, -0.2) is 13.4 Å². The van der Waals surface area contributed by atoms with E-state index < -0.39 is 10.0 Å². The molecule has 8 heteroatoms. The molecule has 0 bridgehead atoms. The molecule has 0 fully saturated rings. The number of aromatic nitrogens is 2. The molecular weight excluding hydrogens is 386 g/mol. The van der Waals surface area contributed by atoms with Gasteiger partial charge in [-0.3, -0.25) is 4.79 Å². The van der Waals surface area contributed by atoms with Gasteiger partial charge in [0.1, 0.15) is 5.82 Å². The maximum Gasteiger partial charge on any atom is 0.258 e. The molecule has 0 spiro atoms. The van der Waals surface area contributed by atoms with Gasteiger partial charge in [-0.2, -0.15) is 4.31 Å². The Balaban J connectivity index is 1.85. The van der Waals surface area contributed by atoms with Gasteiger partial charge >= 0.3 is 0 Å². The van der Waals surface area contributed by atoms with Crippen molar-refractivity contribution in [2.75, 3.05) is 6.54 Å². The van der Waals surface area contributed by atoms with Crippen LogP contribution in [0.15, 0.2) is 58.7 Å². The lowest BCUT2D eigenvalue weighted by molar-refractivity contribution is 0.420. The fourth-order valence-electron chi connectivity index (χ4n) is 2.58. The summed E-state index contributed by atoms with van der Waals surface area (Å²) in [7, 11) is -3.69. The Labute approximate surface area is 162 Å². The van der Waals surface area contributed by atoms with Crippen LogP contribution in [-0.4, -0.2) is 29.2 Å². The van der Waals surface area contributed by atoms with Crippen LogP contribution in [0.25, 0.3) is 17.0 Å². The van der Waals surface area contributed by atoms with E-state index in [1.807, 2.05) is 0 Å². The quantitative estimate of drug-likeness (QED) is 0.683. The largest absolute Gasteiger partial charge is 0.309 e. The van der Waals surface area contributed by atoms with Crippen molar-refractivity contribution < 1.29 is 8.42 Å². The van der Waals surface area contributed by atoms with Crippen LogP contribution in [0.1, 0.15) is 18.3 Å². The second-order valence-electron chi connectivity index (χ2n) is 5.86. The Morgan fingerprint density at radius 1 is 1.15 bits per heavy atom. The molecule has 6 nitrogen and oxygen atoms in total. The summed E-state index contributed by atoms with van der Waals surface area (Å²) < 4.78 is 26.5. The summed E-state index contributed by atoms with van der Waals surface area (Å²) in [6.07, 6.45) is 1.50. The minimum Gasteiger partial charge on any atom is -0.309 e. The molecule has 1 N–H and O–H groups in total. The first-order valence-corrected chi connectivity index (χ1v) is 10.2. The zero-order valence-electron chi connectivity index (χ0n) is 14.6. The Bertz CT molecular complexity index is 1140. The lowest BCUT2D eigenvalue weighted by Crippen LogP contribution is -2.30. The Hall–Kier alpha value is -2.48. The van der Waals surface area contributed by atoms with Crippen LogP contribution < -0.4 is 5.56 Å². The van der Waals surface area contributed by atoms with Crippen molar-refractivity contribution in [1.29, 1.82) is 0 Å². The van der Waals surface area contributed by atoms with Crippen LogP contribution in [0.5, 0.6) is 0 Å². The summed E-state index contributed by atoms with van der Waals surface area (Å²) >= 11 is 5.83. The van der Waals surface area contributed by atoms with Crippen LogP contribution >= 0.6 is 11.6 Å². The van der Waals surface area contributed by atoms with Crippen LogP contribution in [0.2, 0.25) is 5.02 Å². The van der Waals surface area contributed by atoms with E-state index in [2.05, 4.69) is 9.97 Å². The summed E-state index contributed by atoms with van der Waals surface area (Å²) in [4.78, 5) is 19.2. The average Bonchev–Trinajstić information content (AvgIpc) is 2.65. The standard InChI is InChI=1S/C19H18ClN3O3S/c1-2-23(27(25,26)12-11-14-7-9-15(20)10-8-14)13-18-21-17-6-4-3-5-16(17)19(24)22-18/h3-12H,2,13H2,1H3,(H,21,22,24)/b12-11+. The van der Waals surface area contributed by atoms with E-state index in [9.17, 15) is 13.2 Å². The van der Waals surface area contributed by atoms with Crippen molar-refractivity contribution in [3.63, 3.8) is 0 Å². The smallest absolute Gasteiger partial charge is 0.258 e. The van der Waals surface area contributed by atoms with Crippen LogP contribution in [0, 0.1) is 0 Å². The fraction of sp³-hybridized carbons (Fsp3) is 0.158. The first kappa shape index (κ1) is 19.3. The third-order valence-corrected chi connectivity index (χ3v) is 5.84. The highest BCUT2D eigenvalue weighted by atomic mass is 35.5. The molecule has 3 rings (SSSR count). The van der Waals surface area contributed by atoms with Crippen molar-refractivity contribution >= 4 is 38.6 Å². The molecule has 2 aromatic carbocycles. The number of nitrogens with one attached hydrogen (secondary N) is 1. The first-order valence-electron chi connectivity index (χ1n) is 8.31. The van der Waals surface area contributed by atoms with Crippen molar-refractivity contribution in [3.05, 3.63) is 80.7 Å². The second kappa shape index (κ2) is 8.04. The normalized spacial score (nSPS) is 12.3. The number of hydrogen-bond acceptors (Lipinski definition) is 4. The first-order chi connectivity index (χ1) is 12.9. The molecule has 0 unspecified atom stereocenters. The van der Waals surface area contributed by atoms with Gasteiger partial charge in [0, 0.05) is 17.0 Å².